The molecule has 0 aliphatic heterocycles. The van der Waals surface area contributed by atoms with Crippen LogP contribution in [0.4, 0.5) is 5.69 Å². The van der Waals surface area contributed by atoms with E-state index in [2.05, 4.69) is 5.32 Å². The molecule has 2 aromatic carbocycles. The Morgan fingerprint density at radius 2 is 1.68 bits per heavy atom. The van der Waals surface area contributed by atoms with Gasteiger partial charge in [0.1, 0.15) is 5.70 Å². The summed E-state index contributed by atoms with van der Waals surface area (Å²) in [6.07, 6.45) is 1.33. The Kier molecular flexibility index (Phi) is 5.61. The Morgan fingerprint density at radius 3 is 2.36 bits per heavy atom. The van der Waals surface area contributed by atoms with Crippen molar-refractivity contribution in [2.75, 3.05) is 0 Å². The van der Waals surface area contributed by atoms with Crippen LogP contribution in [-0.2, 0) is 4.79 Å². The lowest BCUT2D eigenvalue weighted by Crippen LogP contribution is -2.27. The lowest BCUT2D eigenvalue weighted by molar-refractivity contribution is -0.384. The Labute approximate surface area is 163 Å². The molecule has 7 nitrogen and oxygen atoms in total. The first-order chi connectivity index (χ1) is 13.5. The molecule has 0 aliphatic carbocycles. The number of para-hydroxylation sites is 1. The highest BCUT2D eigenvalue weighted by molar-refractivity contribution is 7.16. The van der Waals surface area contributed by atoms with Crippen molar-refractivity contribution in [1.82, 2.24) is 5.32 Å². The van der Waals surface area contributed by atoms with E-state index >= 15 is 0 Å². The molecule has 0 bridgehead atoms. The van der Waals surface area contributed by atoms with Gasteiger partial charge in [0.25, 0.3) is 11.6 Å². The Bertz CT molecular complexity index is 1070. The summed E-state index contributed by atoms with van der Waals surface area (Å²) in [4.78, 5) is 35.6. The zero-order valence-electron chi connectivity index (χ0n) is 14.4. The second-order valence-electron chi connectivity index (χ2n) is 5.66. The van der Waals surface area contributed by atoms with Crippen molar-refractivity contribution in [2.45, 2.75) is 0 Å². The standard InChI is InChI=1S/C20H14N2O5S/c23-19(13-6-2-1-3-7-13)21-16(20(24)25)12-14-10-11-18(28-14)15-8-4-5-9-17(15)22(26)27/h1-12H,(H,21,23)(H,24,25)/b16-12-. The number of thiophene rings is 1. The lowest BCUT2D eigenvalue weighted by Gasteiger charge is -2.05. The van der Waals surface area contributed by atoms with E-state index < -0.39 is 16.8 Å². The number of nitro benzene ring substituents is 1. The summed E-state index contributed by atoms with van der Waals surface area (Å²) in [5.74, 6) is -1.82. The molecule has 1 aromatic heterocycles. The summed E-state index contributed by atoms with van der Waals surface area (Å²) in [6.45, 7) is 0. The SMILES string of the molecule is O=C(O)/C(=C/c1ccc(-c2ccccc2[N+](=O)[O-])s1)NC(=O)c1ccccc1. The van der Waals surface area contributed by atoms with E-state index in [1.807, 2.05) is 0 Å². The van der Waals surface area contributed by atoms with Crippen molar-refractivity contribution in [3.8, 4) is 10.4 Å². The van der Waals surface area contributed by atoms with Crippen molar-refractivity contribution in [3.05, 3.63) is 93.0 Å². The molecule has 28 heavy (non-hydrogen) atoms. The number of carbonyl (C=O) groups excluding carboxylic acids is 1. The molecule has 0 spiro atoms. The van der Waals surface area contributed by atoms with Crippen LogP contribution in [0.5, 0.6) is 0 Å². The highest BCUT2D eigenvalue weighted by Gasteiger charge is 2.17. The molecule has 1 amide bonds. The Hall–Kier alpha value is -3.78. The zero-order chi connectivity index (χ0) is 20.1. The van der Waals surface area contributed by atoms with Crippen LogP contribution in [-0.4, -0.2) is 21.9 Å². The fourth-order valence-corrected chi connectivity index (χ4v) is 3.48. The van der Waals surface area contributed by atoms with E-state index in [4.69, 9.17) is 0 Å². The van der Waals surface area contributed by atoms with Crippen molar-refractivity contribution in [1.29, 1.82) is 0 Å². The molecule has 3 rings (SSSR count). The number of rotatable bonds is 6. The number of nitrogens with zero attached hydrogens (tertiary/aromatic N) is 1. The third-order valence-electron chi connectivity index (χ3n) is 3.79. The maximum absolute atomic E-state index is 12.2. The lowest BCUT2D eigenvalue weighted by atomic mass is 10.1. The van der Waals surface area contributed by atoms with Crippen LogP contribution < -0.4 is 5.32 Å². The fraction of sp³-hybridized carbons (Fsp3) is 0. The normalized spacial score (nSPS) is 11.1. The summed E-state index contributed by atoms with van der Waals surface area (Å²) in [6, 6.07) is 17.9. The topological polar surface area (TPSA) is 110 Å². The molecule has 0 fully saturated rings. The second kappa shape index (κ2) is 8.28. The van der Waals surface area contributed by atoms with Gasteiger partial charge in [-0.05, 0) is 36.4 Å². The van der Waals surface area contributed by atoms with Crippen molar-refractivity contribution in [3.63, 3.8) is 0 Å². The van der Waals surface area contributed by atoms with Gasteiger partial charge in [0.2, 0.25) is 0 Å². The zero-order valence-corrected chi connectivity index (χ0v) is 15.2. The van der Waals surface area contributed by atoms with Crippen molar-refractivity contribution in [2.24, 2.45) is 0 Å². The van der Waals surface area contributed by atoms with Crippen molar-refractivity contribution >= 4 is 35.0 Å². The third-order valence-corrected chi connectivity index (χ3v) is 4.86. The minimum atomic E-state index is -1.29. The average molecular weight is 394 g/mol. The summed E-state index contributed by atoms with van der Waals surface area (Å²) >= 11 is 1.19. The summed E-state index contributed by atoms with van der Waals surface area (Å²) in [7, 11) is 0. The summed E-state index contributed by atoms with van der Waals surface area (Å²) < 4.78 is 0. The van der Waals surface area contributed by atoms with Crippen LogP contribution in [0.3, 0.4) is 0 Å². The van der Waals surface area contributed by atoms with E-state index in [-0.39, 0.29) is 11.4 Å². The smallest absolute Gasteiger partial charge is 0.352 e. The minimum absolute atomic E-state index is 0.0317. The van der Waals surface area contributed by atoms with Gasteiger partial charge in [0, 0.05) is 21.4 Å². The van der Waals surface area contributed by atoms with Crippen molar-refractivity contribution < 1.29 is 19.6 Å². The van der Waals surface area contributed by atoms with E-state index in [0.717, 1.165) is 0 Å². The van der Waals surface area contributed by atoms with E-state index in [0.29, 0.717) is 20.9 Å². The van der Waals surface area contributed by atoms with Crippen LogP contribution in [0.25, 0.3) is 16.5 Å². The number of hydrogen-bond acceptors (Lipinski definition) is 5. The maximum atomic E-state index is 12.2. The fourth-order valence-electron chi connectivity index (χ4n) is 2.49. The number of nitro groups is 1. The average Bonchev–Trinajstić information content (AvgIpc) is 3.16. The maximum Gasteiger partial charge on any atom is 0.352 e. The van der Waals surface area contributed by atoms with Gasteiger partial charge in [-0.2, -0.15) is 0 Å². The molecule has 2 N–H and O–H groups in total. The highest BCUT2D eigenvalue weighted by Crippen LogP contribution is 2.35. The molecule has 0 atom stereocenters. The number of hydrogen-bond donors (Lipinski definition) is 2. The van der Waals surface area contributed by atoms with Crippen LogP contribution in [0.1, 0.15) is 15.2 Å². The highest BCUT2D eigenvalue weighted by atomic mass is 32.1. The van der Waals surface area contributed by atoms with Gasteiger partial charge >= 0.3 is 5.97 Å². The first-order valence-corrected chi connectivity index (χ1v) is 8.92. The summed E-state index contributed by atoms with van der Waals surface area (Å²) in [5.41, 5.74) is 0.462. The monoisotopic (exact) mass is 394 g/mol. The molecule has 3 aromatic rings. The van der Waals surface area contributed by atoms with Gasteiger partial charge in [-0.25, -0.2) is 4.79 Å². The first-order valence-electron chi connectivity index (χ1n) is 8.10. The molecule has 0 unspecified atom stereocenters. The van der Waals surface area contributed by atoms with Crippen LogP contribution in [0.15, 0.2) is 72.4 Å². The predicted octanol–water partition coefficient (Wildman–Crippen LogP) is 4.18. The van der Waals surface area contributed by atoms with Gasteiger partial charge in [0.05, 0.1) is 10.5 Å². The van der Waals surface area contributed by atoms with Gasteiger partial charge in [-0.3, -0.25) is 14.9 Å². The number of aliphatic carboxylic acids is 1. The predicted molar refractivity (Wildman–Crippen MR) is 106 cm³/mol. The number of benzene rings is 2. The molecular weight excluding hydrogens is 380 g/mol. The van der Waals surface area contributed by atoms with Gasteiger partial charge in [-0.15, -0.1) is 11.3 Å². The van der Waals surface area contributed by atoms with Crippen LogP contribution in [0, 0.1) is 10.1 Å². The molecule has 8 heteroatoms. The van der Waals surface area contributed by atoms with E-state index in [1.54, 1.807) is 60.7 Å². The van der Waals surface area contributed by atoms with Gasteiger partial charge in [0.15, 0.2) is 0 Å². The molecule has 140 valence electrons. The second-order valence-corrected chi connectivity index (χ2v) is 6.77. The number of carboxylic acids is 1. The molecule has 0 radical (unpaired) electrons. The Morgan fingerprint density at radius 1 is 1.00 bits per heavy atom. The largest absolute Gasteiger partial charge is 0.477 e. The van der Waals surface area contributed by atoms with Gasteiger partial charge < -0.3 is 10.4 Å². The number of carboxylic acid groups (broad SMARTS) is 1. The number of nitrogens with one attached hydrogen (secondary N) is 1. The Balaban J connectivity index is 1.88. The molecule has 0 aliphatic rings. The molecular formula is C20H14N2O5S. The quantitative estimate of drug-likeness (QED) is 0.370. The number of amides is 1. The minimum Gasteiger partial charge on any atom is -0.477 e. The first kappa shape index (κ1) is 19.0. The van der Waals surface area contributed by atoms with E-state index in [9.17, 15) is 24.8 Å². The van der Waals surface area contributed by atoms with Crippen LogP contribution in [0.2, 0.25) is 0 Å². The summed E-state index contributed by atoms with van der Waals surface area (Å²) in [5, 5.41) is 23.0. The van der Waals surface area contributed by atoms with Crippen LogP contribution >= 0.6 is 11.3 Å². The number of carbonyl (C=O) groups is 2. The van der Waals surface area contributed by atoms with E-state index in [1.165, 1.54) is 23.5 Å². The third kappa shape index (κ3) is 4.30. The molecule has 0 saturated carbocycles. The molecule has 0 saturated heterocycles. The van der Waals surface area contributed by atoms with Gasteiger partial charge in [-0.1, -0.05) is 30.3 Å². The molecule has 1 heterocycles.